The lowest BCUT2D eigenvalue weighted by atomic mass is 10.0. The molecule has 2 aliphatic rings. The first-order valence-electron chi connectivity index (χ1n) is 11.9. The van der Waals surface area contributed by atoms with Crippen molar-refractivity contribution in [1.82, 2.24) is 15.5 Å². The van der Waals surface area contributed by atoms with Crippen molar-refractivity contribution in [2.75, 3.05) is 52.6 Å². The van der Waals surface area contributed by atoms with E-state index in [1.165, 1.54) is 5.56 Å². The molecule has 1 aromatic carbocycles. The number of likely N-dealkylation sites (tertiary alicyclic amines) is 1. The summed E-state index contributed by atoms with van der Waals surface area (Å²) in [7, 11) is 0. The van der Waals surface area contributed by atoms with Gasteiger partial charge in [0.05, 0.1) is 0 Å². The van der Waals surface area contributed by atoms with Gasteiger partial charge in [0, 0.05) is 65.2 Å². The lowest BCUT2D eigenvalue weighted by molar-refractivity contribution is 0.0205. The number of benzene rings is 1. The zero-order valence-electron chi connectivity index (χ0n) is 19.0. The van der Waals surface area contributed by atoms with Crippen LogP contribution in [0.15, 0.2) is 29.3 Å². The molecule has 174 valence electrons. The highest BCUT2D eigenvalue weighted by Gasteiger charge is 2.20. The van der Waals surface area contributed by atoms with Gasteiger partial charge in [-0.2, -0.15) is 0 Å². The third-order valence-corrected chi connectivity index (χ3v) is 6.00. The van der Waals surface area contributed by atoms with Crippen LogP contribution in [-0.4, -0.2) is 69.5 Å². The van der Waals surface area contributed by atoms with E-state index in [4.69, 9.17) is 14.5 Å². The van der Waals surface area contributed by atoms with Crippen LogP contribution >= 0.6 is 0 Å². The van der Waals surface area contributed by atoms with E-state index in [0.29, 0.717) is 12.0 Å². The Morgan fingerprint density at radius 1 is 1.16 bits per heavy atom. The average molecular weight is 435 g/mol. The van der Waals surface area contributed by atoms with E-state index in [-0.39, 0.29) is 5.82 Å². The van der Waals surface area contributed by atoms with Gasteiger partial charge in [0.1, 0.15) is 5.82 Å². The highest BCUT2D eigenvalue weighted by molar-refractivity contribution is 5.80. The third-order valence-electron chi connectivity index (χ3n) is 6.00. The molecule has 2 aliphatic heterocycles. The first kappa shape index (κ1) is 24.0. The number of hydrogen-bond donors (Lipinski definition) is 2. The summed E-state index contributed by atoms with van der Waals surface area (Å²) in [6.07, 6.45) is 5.35. The van der Waals surface area contributed by atoms with Gasteiger partial charge in [-0.3, -0.25) is 9.89 Å². The van der Waals surface area contributed by atoms with Crippen LogP contribution in [0.4, 0.5) is 4.39 Å². The van der Waals surface area contributed by atoms with E-state index >= 15 is 0 Å². The van der Waals surface area contributed by atoms with Crippen molar-refractivity contribution >= 4 is 5.96 Å². The van der Waals surface area contributed by atoms with Crippen LogP contribution < -0.4 is 10.6 Å². The monoisotopic (exact) mass is 434 g/mol. The Balaban J connectivity index is 1.31. The number of hydrogen-bond acceptors (Lipinski definition) is 4. The van der Waals surface area contributed by atoms with Crippen molar-refractivity contribution in [2.24, 2.45) is 10.9 Å². The number of aliphatic imine (C=N–C) groups is 1. The van der Waals surface area contributed by atoms with Crippen molar-refractivity contribution in [3.05, 3.63) is 35.6 Å². The van der Waals surface area contributed by atoms with Crippen LogP contribution in [0.5, 0.6) is 0 Å². The van der Waals surface area contributed by atoms with Crippen LogP contribution in [0.2, 0.25) is 0 Å². The Morgan fingerprint density at radius 3 is 2.61 bits per heavy atom. The van der Waals surface area contributed by atoms with Crippen LogP contribution in [0, 0.1) is 11.7 Å². The second-order valence-corrected chi connectivity index (χ2v) is 8.57. The first-order chi connectivity index (χ1) is 15.2. The fourth-order valence-corrected chi connectivity index (χ4v) is 4.12. The second-order valence-electron chi connectivity index (χ2n) is 8.57. The molecule has 2 saturated heterocycles. The first-order valence-corrected chi connectivity index (χ1v) is 11.9. The molecule has 0 aromatic heterocycles. The SMILES string of the molecule is CCNC(=NCCCOCC1CCOCC1)NC1CCN(Cc2ccc(F)cc2)CC1. The number of nitrogens with zero attached hydrogens (tertiary/aromatic N) is 2. The van der Waals surface area contributed by atoms with Gasteiger partial charge < -0.3 is 20.1 Å². The zero-order chi connectivity index (χ0) is 21.7. The van der Waals surface area contributed by atoms with Crippen molar-refractivity contribution in [2.45, 2.75) is 51.6 Å². The van der Waals surface area contributed by atoms with Gasteiger partial charge in [0.2, 0.25) is 0 Å². The van der Waals surface area contributed by atoms with Gasteiger partial charge in [0.15, 0.2) is 5.96 Å². The topological polar surface area (TPSA) is 58.1 Å². The molecule has 2 fully saturated rings. The van der Waals surface area contributed by atoms with E-state index in [2.05, 4.69) is 22.5 Å². The maximum Gasteiger partial charge on any atom is 0.191 e. The Bertz CT molecular complexity index is 641. The molecule has 7 heteroatoms. The molecule has 0 saturated carbocycles. The molecule has 0 unspecified atom stereocenters. The van der Waals surface area contributed by atoms with Gasteiger partial charge >= 0.3 is 0 Å². The van der Waals surface area contributed by atoms with Crippen LogP contribution in [0.25, 0.3) is 0 Å². The summed E-state index contributed by atoms with van der Waals surface area (Å²) in [6.45, 7) is 10.0. The summed E-state index contributed by atoms with van der Waals surface area (Å²) in [5.41, 5.74) is 1.17. The maximum atomic E-state index is 13.1. The quantitative estimate of drug-likeness (QED) is 0.337. The molecular weight excluding hydrogens is 395 g/mol. The second kappa shape index (κ2) is 13.7. The van der Waals surface area contributed by atoms with Crippen molar-refractivity contribution in [3.63, 3.8) is 0 Å². The minimum absolute atomic E-state index is 0.173. The molecular formula is C24H39FN4O2. The molecule has 2 heterocycles. The smallest absolute Gasteiger partial charge is 0.191 e. The molecule has 0 atom stereocenters. The maximum absolute atomic E-state index is 13.1. The summed E-state index contributed by atoms with van der Waals surface area (Å²) < 4.78 is 24.3. The van der Waals surface area contributed by atoms with E-state index in [9.17, 15) is 4.39 Å². The normalized spacial score (nSPS) is 19.5. The molecule has 3 rings (SSSR count). The predicted molar refractivity (Wildman–Crippen MR) is 123 cm³/mol. The molecule has 31 heavy (non-hydrogen) atoms. The van der Waals surface area contributed by atoms with Gasteiger partial charge in [-0.1, -0.05) is 12.1 Å². The number of rotatable bonds is 10. The summed E-state index contributed by atoms with van der Waals surface area (Å²) in [5, 5.41) is 6.96. The minimum Gasteiger partial charge on any atom is -0.381 e. The highest BCUT2D eigenvalue weighted by Crippen LogP contribution is 2.15. The van der Waals surface area contributed by atoms with Crippen molar-refractivity contribution in [3.8, 4) is 0 Å². The fourth-order valence-electron chi connectivity index (χ4n) is 4.12. The fraction of sp³-hybridized carbons (Fsp3) is 0.708. The number of ether oxygens (including phenoxy) is 2. The van der Waals surface area contributed by atoms with Crippen LogP contribution in [0.1, 0.15) is 44.6 Å². The van der Waals surface area contributed by atoms with Crippen molar-refractivity contribution in [1.29, 1.82) is 0 Å². The van der Waals surface area contributed by atoms with Gasteiger partial charge in [-0.05, 0) is 62.6 Å². The number of nitrogens with one attached hydrogen (secondary N) is 2. The van der Waals surface area contributed by atoms with E-state index in [1.807, 2.05) is 12.1 Å². The van der Waals surface area contributed by atoms with Gasteiger partial charge in [-0.15, -0.1) is 0 Å². The van der Waals surface area contributed by atoms with Gasteiger partial charge in [0.25, 0.3) is 0 Å². The van der Waals surface area contributed by atoms with E-state index < -0.39 is 0 Å². The van der Waals surface area contributed by atoms with Gasteiger partial charge in [-0.25, -0.2) is 4.39 Å². The summed E-state index contributed by atoms with van der Waals surface area (Å²) in [6, 6.07) is 7.27. The standard InChI is InChI=1S/C24H39FN4O2/c1-2-26-24(27-12-3-15-31-19-21-10-16-30-17-11-21)28-23-8-13-29(14-9-23)18-20-4-6-22(25)7-5-20/h4-7,21,23H,2-3,8-19H2,1H3,(H2,26,27,28). The van der Waals surface area contributed by atoms with E-state index in [1.54, 1.807) is 12.1 Å². The average Bonchev–Trinajstić information content (AvgIpc) is 2.80. The molecule has 0 aliphatic carbocycles. The summed E-state index contributed by atoms with van der Waals surface area (Å²) >= 11 is 0. The predicted octanol–water partition coefficient (Wildman–Crippen LogP) is 3.18. The molecule has 1 aromatic rings. The van der Waals surface area contributed by atoms with Crippen LogP contribution in [0.3, 0.4) is 0 Å². The molecule has 0 radical (unpaired) electrons. The third kappa shape index (κ3) is 9.13. The lowest BCUT2D eigenvalue weighted by Crippen LogP contribution is -2.48. The Hall–Kier alpha value is -1.70. The Labute approximate surface area is 186 Å². The zero-order valence-corrected chi connectivity index (χ0v) is 19.0. The molecule has 6 nitrogen and oxygen atoms in total. The summed E-state index contributed by atoms with van der Waals surface area (Å²) in [4.78, 5) is 7.17. The number of halogens is 1. The summed E-state index contributed by atoms with van der Waals surface area (Å²) in [5.74, 6) is 1.39. The molecule has 2 N–H and O–H groups in total. The van der Waals surface area contributed by atoms with Crippen molar-refractivity contribution < 1.29 is 13.9 Å². The largest absolute Gasteiger partial charge is 0.381 e. The molecule has 0 spiro atoms. The lowest BCUT2D eigenvalue weighted by Gasteiger charge is -2.33. The highest BCUT2D eigenvalue weighted by atomic mass is 19.1. The minimum atomic E-state index is -0.173. The molecule has 0 amide bonds. The van der Waals surface area contributed by atoms with E-state index in [0.717, 1.165) is 97.2 Å². The number of piperidine rings is 1. The Kier molecular flexibility index (Phi) is 10.6. The number of guanidine groups is 1. The molecule has 0 bridgehead atoms. The van der Waals surface area contributed by atoms with Crippen LogP contribution in [-0.2, 0) is 16.0 Å². The Morgan fingerprint density at radius 2 is 1.90 bits per heavy atom.